The Morgan fingerprint density at radius 1 is 0.593 bits per heavy atom. The summed E-state index contributed by atoms with van der Waals surface area (Å²) in [6.45, 7) is 0. The Bertz CT molecular complexity index is 1050. The molecule has 0 amide bonds. The highest BCUT2D eigenvalue weighted by Gasteiger charge is 2.30. The monoisotopic (exact) mass is 372 g/mol. The van der Waals surface area contributed by atoms with Crippen molar-refractivity contribution >= 4 is 5.78 Å². The van der Waals surface area contributed by atoms with Gasteiger partial charge < -0.3 is 0 Å². The molecule has 3 aromatic carbocycles. The van der Waals surface area contributed by atoms with E-state index in [4.69, 9.17) is 0 Å². The smallest absolute Gasteiger partial charge is 0.200 e. The maximum atomic E-state index is 13.8. The lowest BCUT2D eigenvalue weighted by molar-refractivity contribution is 0.102. The summed E-state index contributed by atoms with van der Waals surface area (Å²) in [6.07, 6.45) is 0. The summed E-state index contributed by atoms with van der Waals surface area (Å²) in [4.78, 5) is 12.2. The molecule has 0 fully saturated rings. The summed E-state index contributed by atoms with van der Waals surface area (Å²) in [5, 5.41) is 0. The molecule has 27 heavy (non-hydrogen) atoms. The van der Waals surface area contributed by atoms with Crippen molar-refractivity contribution in [2.45, 2.75) is 0 Å². The van der Waals surface area contributed by atoms with E-state index < -0.39 is 40.4 Å². The number of hydrogen-bond acceptors (Lipinski definition) is 1. The molecular weight excluding hydrogens is 363 g/mol. The van der Waals surface area contributed by atoms with E-state index in [9.17, 15) is 26.7 Å². The topological polar surface area (TPSA) is 17.1 Å². The Labute approximate surface area is 151 Å². The van der Waals surface area contributed by atoms with Crippen LogP contribution in [0.3, 0.4) is 0 Å². The van der Waals surface area contributed by atoms with Gasteiger partial charge in [0.2, 0.25) is 5.82 Å². The van der Waals surface area contributed by atoms with Gasteiger partial charge in [0.15, 0.2) is 29.1 Å². The summed E-state index contributed by atoms with van der Waals surface area (Å²) < 4.78 is 67.2. The molecule has 0 aliphatic rings. The lowest BCUT2D eigenvalue weighted by Gasteiger charge is -2.07. The minimum Gasteiger partial charge on any atom is -0.288 e. The molecule has 0 unspecified atom stereocenters. The molecule has 1 nitrogen and oxygen atoms in total. The fourth-order valence-corrected chi connectivity index (χ4v) is 2.32. The van der Waals surface area contributed by atoms with Crippen LogP contribution in [0.2, 0.25) is 0 Å². The van der Waals surface area contributed by atoms with Gasteiger partial charge in [0.25, 0.3) is 0 Å². The van der Waals surface area contributed by atoms with Gasteiger partial charge in [0.1, 0.15) is 5.56 Å². The highest BCUT2D eigenvalue weighted by Crippen LogP contribution is 2.25. The molecular formula is C21H9F5O. The first kappa shape index (κ1) is 18.3. The van der Waals surface area contributed by atoms with Gasteiger partial charge in [-0.1, -0.05) is 30.0 Å². The van der Waals surface area contributed by atoms with Gasteiger partial charge in [0.05, 0.1) is 0 Å². The molecule has 3 rings (SSSR count). The maximum absolute atomic E-state index is 13.8. The van der Waals surface area contributed by atoms with E-state index in [0.717, 1.165) is 5.56 Å². The molecule has 0 N–H and O–H groups in total. The summed E-state index contributed by atoms with van der Waals surface area (Å²) in [6, 6.07) is 14.3. The largest absolute Gasteiger partial charge is 0.288 e. The Morgan fingerprint density at radius 2 is 1.04 bits per heavy atom. The molecule has 0 saturated carbocycles. The molecule has 3 aromatic rings. The van der Waals surface area contributed by atoms with Gasteiger partial charge in [0, 0.05) is 16.7 Å². The van der Waals surface area contributed by atoms with Gasteiger partial charge in [-0.3, -0.25) is 4.79 Å². The molecule has 0 bridgehead atoms. The molecule has 0 aliphatic heterocycles. The van der Waals surface area contributed by atoms with Crippen LogP contribution < -0.4 is 0 Å². The summed E-state index contributed by atoms with van der Waals surface area (Å²) in [5.74, 6) is -6.56. The number of carbonyl (C=O) groups excluding carboxylic acids is 1. The molecule has 0 heterocycles. The highest BCUT2D eigenvalue weighted by molar-refractivity contribution is 6.09. The standard InChI is InChI=1S/C21H9F5O/c22-16-15(17(23)19(25)20(26)18(16)24)21(27)14-10-8-13(9-11-14)7-6-12-4-2-1-3-5-12/h1-5,8-11H. The minimum absolute atomic E-state index is 0.233. The number of hydrogen-bond donors (Lipinski definition) is 0. The number of benzene rings is 3. The van der Waals surface area contributed by atoms with Crippen LogP contribution in [0.25, 0.3) is 0 Å². The highest BCUT2D eigenvalue weighted by atomic mass is 19.2. The van der Waals surface area contributed by atoms with Gasteiger partial charge in [-0.05, 0) is 36.4 Å². The summed E-state index contributed by atoms with van der Waals surface area (Å²) >= 11 is 0. The van der Waals surface area contributed by atoms with E-state index in [2.05, 4.69) is 11.8 Å². The first-order chi connectivity index (χ1) is 12.9. The molecule has 6 heteroatoms. The zero-order chi connectivity index (χ0) is 19.6. The van der Waals surface area contributed by atoms with Crippen LogP contribution >= 0.6 is 0 Å². The molecule has 0 aromatic heterocycles. The van der Waals surface area contributed by atoms with Crippen molar-refractivity contribution in [3.05, 3.63) is 106 Å². The zero-order valence-electron chi connectivity index (χ0n) is 13.5. The quantitative estimate of drug-likeness (QED) is 0.203. The van der Waals surface area contributed by atoms with Crippen molar-refractivity contribution in [1.82, 2.24) is 0 Å². The van der Waals surface area contributed by atoms with Gasteiger partial charge in [-0.2, -0.15) is 0 Å². The van der Waals surface area contributed by atoms with Crippen LogP contribution in [0, 0.1) is 40.9 Å². The van der Waals surface area contributed by atoms with E-state index >= 15 is 0 Å². The first-order valence-corrected chi connectivity index (χ1v) is 7.63. The predicted molar refractivity (Wildman–Crippen MR) is 88.5 cm³/mol. The van der Waals surface area contributed by atoms with Gasteiger partial charge >= 0.3 is 0 Å². The molecule has 0 spiro atoms. The summed E-state index contributed by atoms with van der Waals surface area (Å²) in [7, 11) is 0. The van der Waals surface area contributed by atoms with E-state index in [1.165, 1.54) is 24.3 Å². The first-order valence-electron chi connectivity index (χ1n) is 7.63. The molecule has 0 radical (unpaired) electrons. The molecule has 134 valence electrons. The van der Waals surface area contributed by atoms with Crippen molar-refractivity contribution < 1.29 is 26.7 Å². The fraction of sp³-hybridized carbons (Fsp3) is 0. The predicted octanol–water partition coefficient (Wildman–Crippen LogP) is 5.01. The van der Waals surface area contributed by atoms with E-state index in [1.807, 2.05) is 18.2 Å². The molecule has 0 aliphatic carbocycles. The average Bonchev–Trinajstić information content (AvgIpc) is 2.70. The maximum Gasteiger partial charge on any atom is 0.200 e. The minimum atomic E-state index is -2.31. The van der Waals surface area contributed by atoms with Crippen LogP contribution in [0.4, 0.5) is 22.0 Å². The molecule has 0 saturated heterocycles. The second-order valence-electron chi connectivity index (χ2n) is 5.47. The second kappa shape index (κ2) is 7.42. The van der Waals surface area contributed by atoms with Crippen LogP contribution in [-0.4, -0.2) is 5.78 Å². The normalized spacial score (nSPS) is 10.3. The van der Waals surface area contributed by atoms with Crippen LogP contribution in [-0.2, 0) is 0 Å². The summed E-state index contributed by atoms with van der Waals surface area (Å²) in [5.41, 5.74) is -0.454. The Kier molecular flexibility index (Phi) is 5.04. The number of halogens is 5. The SMILES string of the molecule is O=C(c1ccc(C#Cc2ccccc2)cc1)c1c(F)c(F)c(F)c(F)c1F. The Morgan fingerprint density at radius 3 is 1.56 bits per heavy atom. The number of carbonyl (C=O) groups is 1. The third-order valence-electron chi connectivity index (χ3n) is 3.71. The lowest BCUT2D eigenvalue weighted by atomic mass is 10.0. The van der Waals surface area contributed by atoms with Crippen molar-refractivity contribution in [3.63, 3.8) is 0 Å². The van der Waals surface area contributed by atoms with Crippen LogP contribution in [0.1, 0.15) is 27.0 Å². The second-order valence-corrected chi connectivity index (χ2v) is 5.47. The Hall–Kier alpha value is -3.46. The lowest BCUT2D eigenvalue weighted by Crippen LogP contribution is -2.13. The van der Waals surface area contributed by atoms with Crippen molar-refractivity contribution in [1.29, 1.82) is 0 Å². The van der Waals surface area contributed by atoms with Crippen molar-refractivity contribution in [3.8, 4) is 11.8 Å². The van der Waals surface area contributed by atoms with Crippen molar-refractivity contribution in [2.24, 2.45) is 0 Å². The number of ketones is 1. The Balaban J connectivity index is 1.93. The third-order valence-corrected chi connectivity index (χ3v) is 3.71. The van der Waals surface area contributed by atoms with Crippen LogP contribution in [0.15, 0.2) is 54.6 Å². The van der Waals surface area contributed by atoms with E-state index in [0.29, 0.717) is 5.56 Å². The van der Waals surface area contributed by atoms with Crippen LogP contribution in [0.5, 0.6) is 0 Å². The molecule has 0 atom stereocenters. The fourth-order valence-electron chi connectivity index (χ4n) is 2.32. The van der Waals surface area contributed by atoms with Gasteiger partial charge in [-0.15, -0.1) is 0 Å². The zero-order valence-corrected chi connectivity index (χ0v) is 13.5. The van der Waals surface area contributed by atoms with E-state index in [1.54, 1.807) is 12.1 Å². The van der Waals surface area contributed by atoms with E-state index in [-0.39, 0.29) is 5.56 Å². The number of rotatable bonds is 2. The third kappa shape index (κ3) is 3.58. The van der Waals surface area contributed by atoms with Crippen molar-refractivity contribution in [2.75, 3.05) is 0 Å². The van der Waals surface area contributed by atoms with Gasteiger partial charge in [-0.25, -0.2) is 22.0 Å². The average molecular weight is 372 g/mol.